The van der Waals surface area contributed by atoms with Crippen molar-refractivity contribution in [3.63, 3.8) is 0 Å². The van der Waals surface area contributed by atoms with Crippen LogP contribution in [0.2, 0.25) is 0 Å². The maximum Gasteiger partial charge on any atom is 0.219 e. The molecule has 0 bridgehead atoms. The molecule has 0 saturated carbocycles. The van der Waals surface area contributed by atoms with Gasteiger partial charge in [0.2, 0.25) is 5.91 Å². The zero-order chi connectivity index (χ0) is 15.9. The average Bonchev–Trinajstić information content (AvgIpc) is 2.90. The average molecular weight is 315 g/mol. The molecule has 3 N–H and O–H groups in total. The first-order valence-corrected chi connectivity index (χ1v) is 7.28. The van der Waals surface area contributed by atoms with Crippen LogP contribution in [0.25, 0.3) is 11.0 Å². The van der Waals surface area contributed by atoms with Crippen molar-refractivity contribution in [2.45, 2.75) is 19.3 Å². The summed E-state index contributed by atoms with van der Waals surface area (Å²) >= 11 is 5.05. The summed E-state index contributed by atoms with van der Waals surface area (Å²) in [5, 5.41) is 9.58. The summed E-state index contributed by atoms with van der Waals surface area (Å²) in [5.74, 6) is 0.0425. The Hall–Kier alpha value is -2.52. The normalized spacial score (nSPS) is 10.0. The Kier molecular flexibility index (Phi) is 5.39. The number of fused-ring (bicyclic) bond motifs is 1. The van der Waals surface area contributed by atoms with Gasteiger partial charge in [-0.25, -0.2) is 0 Å². The van der Waals surface area contributed by atoms with Gasteiger partial charge >= 0.3 is 0 Å². The third kappa shape index (κ3) is 3.99. The molecule has 1 amide bonds. The Bertz CT molecular complexity index is 731. The van der Waals surface area contributed by atoms with E-state index in [-0.39, 0.29) is 5.91 Å². The zero-order valence-electron chi connectivity index (χ0n) is 12.2. The molecule has 2 rings (SSSR count). The van der Waals surface area contributed by atoms with E-state index in [1.54, 1.807) is 13.3 Å². The highest BCUT2D eigenvalue weighted by molar-refractivity contribution is 7.80. The Morgan fingerprint density at radius 3 is 3.00 bits per heavy atom. The highest BCUT2D eigenvalue weighted by Gasteiger charge is 2.08. The van der Waals surface area contributed by atoms with Gasteiger partial charge in [0.25, 0.3) is 0 Å². The van der Waals surface area contributed by atoms with Gasteiger partial charge in [-0.3, -0.25) is 10.1 Å². The molecule has 0 aliphatic carbocycles. The lowest BCUT2D eigenvalue weighted by molar-refractivity contribution is -0.120. The molecule has 1 aromatic heterocycles. The Labute approximate surface area is 134 Å². The lowest BCUT2D eigenvalue weighted by Gasteiger charge is -2.06. The van der Waals surface area contributed by atoms with Gasteiger partial charge in [-0.2, -0.15) is 0 Å². The van der Waals surface area contributed by atoms with E-state index >= 15 is 0 Å². The van der Waals surface area contributed by atoms with Crippen LogP contribution >= 0.6 is 12.2 Å². The number of aryl methyl sites for hydroxylation is 1. The maximum absolute atomic E-state index is 11.3. The van der Waals surface area contributed by atoms with E-state index in [1.807, 2.05) is 18.2 Å². The van der Waals surface area contributed by atoms with Crippen molar-refractivity contribution in [1.82, 2.24) is 10.6 Å². The van der Waals surface area contributed by atoms with E-state index in [0.29, 0.717) is 11.5 Å². The summed E-state index contributed by atoms with van der Waals surface area (Å²) < 4.78 is 5.53. The molecular formula is C16H17N3O2S. The molecule has 0 spiro atoms. The lowest BCUT2D eigenvalue weighted by Crippen LogP contribution is -2.23. The van der Waals surface area contributed by atoms with Crippen LogP contribution in [0.1, 0.15) is 18.4 Å². The number of rotatable bonds is 5. The fourth-order valence-corrected chi connectivity index (χ4v) is 2.32. The summed E-state index contributed by atoms with van der Waals surface area (Å²) in [6, 6.07) is 7.96. The number of hydrogen-bond donors (Lipinski definition) is 3. The first-order valence-electron chi connectivity index (χ1n) is 6.87. The lowest BCUT2D eigenvalue weighted by atomic mass is 10.1. The number of nitrogens with one attached hydrogen (secondary N) is 3. The van der Waals surface area contributed by atoms with Gasteiger partial charge in [-0.05, 0) is 48.8 Å². The van der Waals surface area contributed by atoms with E-state index in [2.05, 4.69) is 22.0 Å². The fourth-order valence-electron chi connectivity index (χ4n) is 2.15. The van der Waals surface area contributed by atoms with Crippen LogP contribution in [-0.2, 0) is 11.2 Å². The molecule has 0 radical (unpaired) electrons. The molecule has 0 fully saturated rings. The molecule has 5 nitrogen and oxygen atoms in total. The van der Waals surface area contributed by atoms with Crippen molar-refractivity contribution in [3.05, 3.63) is 30.0 Å². The Balaban J connectivity index is 2.10. The van der Waals surface area contributed by atoms with Crippen LogP contribution in [-0.4, -0.2) is 18.1 Å². The highest BCUT2D eigenvalue weighted by Crippen LogP contribution is 2.26. The smallest absolute Gasteiger partial charge is 0.219 e. The predicted octanol–water partition coefficient (Wildman–Crippen LogP) is 2.38. The molecule has 0 aliphatic rings. The van der Waals surface area contributed by atoms with Gasteiger partial charge in [0.05, 0.1) is 6.26 Å². The van der Waals surface area contributed by atoms with E-state index < -0.39 is 0 Å². The topological polar surface area (TPSA) is 66.3 Å². The van der Waals surface area contributed by atoms with Gasteiger partial charge in [-0.15, -0.1) is 0 Å². The van der Waals surface area contributed by atoms with Crippen molar-refractivity contribution < 1.29 is 9.21 Å². The van der Waals surface area contributed by atoms with E-state index in [4.69, 9.17) is 23.1 Å². The van der Waals surface area contributed by atoms with Crippen LogP contribution in [0.3, 0.4) is 0 Å². The summed E-state index contributed by atoms with van der Waals surface area (Å²) in [7, 11) is 1.64. The fraction of sp³-hybridized carbons (Fsp3) is 0.250. The standard InChI is InChI=1S/C16H17N3O2S/c1-3-18-16(22)19-12-7-8-14-13(9-12)11(10-21-14)5-4-6-15(20)17-2/h1,7-10H,4-6H2,2H3,(H,17,20)(H2,18,19,22). The number of hydrogen-bond acceptors (Lipinski definition) is 3. The van der Waals surface area contributed by atoms with Gasteiger partial charge in [0.1, 0.15) is 5.58 Å². The van der Waals surface area contributed by atoms with Crippen molar-refractivity contribution in [3.8, 4) is 12.5 Å². The molecule has 2 aromatic rings. The van der Waals surface area contributed by atoms with Gasteiger partial charge < -0.3 is 15.1 Å². The zero-order valence-corrected chi connectivity index (χ0v) is 13.0. The number of thiocarbonyl (C=S) groups is 1. The molecule has 22 heavy (non-hydrogen) atoms. The molecule has 1 heterocycles. The van der Waals surface area contributed by atoms with Crippen molar-refractivity contribution in [2.24, 2.45) is 0 Å². The molecule has 6 heteroatoms. The molecular weight excluding hydrogens is 298 g/mol. The molecule has 0 aliphatic heterocycles. The second kappa shape index (κ2) is 7.48. The molecule has 0 saturated heterocycles. The number of benzene rings is 1. The number of terminal acetylenes is 1. The van der Waals surface area contributed by atoms with Gasteiger partial charge in [0, 0.05) is 30.6 Å². The highest BCUT2D eigenvalue weighted by atomic mass is 32.1. The maximum atomic E-state index is 11.3. The monoisotopic (exact) mass is 315 g/mol. The molecule has 114 valence electrons. The summed E-state index contributed by atoms with van der Waals surface area (Å²) in [5.41, 5.74) is 2.70. The first-order chi connectivity index (χ1) is 10.6. The van der Waals surface area contributed by atoms with E-state index in [0.717, 1.165) is 35.1 Å². The Morgan fingerprint density at radius 2 is 2.27 bits per heavy atom. The predicted molar refractivity (Wildman–Crippen MR) is 91.4 cm³/mol. The summed E-state index contributed by atoms with van der Waals surface area (Å²) in [6.45, 7) is 0. The van der Waals surface area contributed by atoms with E-state index in [1.165, 1.54) is 0 Å². The molecule has 0 unspecified atom stereocenters. The first kappa shape index (κ1) is 15.9. The van der Waals surface area contributed by atoms with E-state index in [9.17, 15) is 4.79 Å². The minimum Gasteiger partial charge on any atom is -0.464 e. The number of anilines is 1. The summed E-state index contributed by atoms with van der Waals surface area (Å²) in [4.78, 5) is 11.3. The third-order valence-electron chi connectivity index (χ3n) is 3.23. The number of carbonyl (C=O) groups is 1. The quantitative estimate of drug-likeness (QED) is 0.449. The van der Waals surface area contributed by atoms with Crippen LogP contribution in [0.4, 0.5) is 5.69 Å². The van der Waals surface area contributed by atoms with Crippen molar-refractivity contribution >= 4 is 39.9 Å². The second-order valence-electron chi connectivity index (χ2n) is 4.72. The van der Waals surface area contributed by atoms with Crippen LogP contribution in [0.15, 0.2) is 28.9 Å². The largest absolute Gasteiger partial charge is 0.464 e. The van der Waals surface area contributed by atoms with Crippen LogP contribution in [0, 0.1) is 12.5 Å². The van der Waals surface area contributed by atoms with Crippen LogP contribution in [0.5, 0.6) is 0 Å². The number of carbonyl (C=O) groups excluding carboxylic acids is 1. The van der Waals surface area contributed by atoms with Gasteiger partial charge in [0.15, 0.2) is 5.11 Å². The Morgan fingerprint density at radius 1 is 1.45 bits per heavy atom. The molecule has 0 atom stereocenters. The SMILES string of the molecule is C#CNC(=S)Nc1ccc2occ(CCCC(=O)NC)c2c1. The second-order valence-corrected chi connectivity index (χ2v) is 5.13. The van der Waals surface area contributed by atoms with Crippen LogP contribution < -0.4 is 16.0 Å². The number of furan rings is 1. The minimum atomic E-state index is 0.0425. The van der Waals surface area contributed by atoms with Gasteiger partial charge in [-0.1, -0.05) is 6.42 Å². The van der Waals surface area contributed by atoms with Crippen molar-refractivity contribution in [2.75, 3.05) is 12.4 Å². The number of amides is 1. The molecule has 1 aromatic carbocycles. The third-order valence-corrected chi connectivity index (χ3v) is 3.43. The minimum absolute atomic E-state index is 0.0425. The summed E-state index contributed by atoms with van der Waals surface area (Å²) in [6.07, 6.45) is 8.91. The van der Waals surface area contributed by atoms with Crippen molar-refractivity contribution in [1.29, 1.82) is 0 Å².